The van der Waals surface area contributed by atoms with Gasteiger partial charge in [0.2, 0.25) is 11.8 Å². The quantitative estimate of drug-likeness (QED) is 0.691. The second-order valence-electron chi connectivity index (χ2n) is 6.91. The van der Waals surface area contributed by atoms with Crippen molar-refractivity contribution in [1.29, 1.82) is 0 Å². The summed E-state index contributed by atoms with van der Waals surface area (Å²) in [5.41, 5.74) is 0.538. The molecule has 0 spiro atoms. The molecule has 0 unspecified atom stereocenters. The first kappa shape index (κ1) is 21.3. The minimum Gasteiger partial charge on any atom is -0.352 e. The summed E-state index contributed by atoms with van der Waals surface area (Å²) in [6.07, 6.45) is 2.13. The van der Waals surface area contributed by atoms with Gasteiger partial charge in [-0.1, -0.05) is 12.1 Å². The van der Waals surface area contributed by atoms with Crippen molar-refractivity contribution in [1.82, 2.24) is 15.1 Å². The van der Waals surface area contributed by atoms with E-state index in [9.17, 15) is 14.4 Å². The molecule has 1 N–H and O–H groups in total. The van der Waals surface area contributed by atoms with Gasteiger partial charge in [-0.25, -0.2) is 0 Å². The number of nitrogens with zero attached hydrogens (tertiary/aromatic N) is 2. The van der Waals surface area contributed by atoms with Crippen molar-refractivity contribution in [2.75, 3.05) is 31.9 Å². The standard InChI is InChI=1S/C20H29N3O3S/c1-4-22(13-18(24)21-15(2)3)20(26)16-9-5-6-10-17(16)27-14-19(25)23-11-7-8-12-23/h5-6,9-10,15H,4,7-8,11-14H2,1-3H3,(H,21,24). The maximum atomic E-state index is 13.0. The van der Waals surface area contributed by atoms with Crippen LogP contribution in [0.25, 0.3) is 0 Å². The molecule has 0 atom stereocenters. The molecule has 1 aromatic rings. The van der Waals surface area contributed by atoms with Gasteiger partial charge in [0, 0.05) is 30.6 Å². The minimum absolute atomic E-state index is 0.0270. The Hall–Kier alpha value is -2.02. The predicted molar refractivity (Wildman–Crippen MR) is 108 cm³/mol. The second-order valence-corrected chi connectivity index (χ2v) is 7.93. The first-order valence-electron chi connectivity index (χ1n) is 9.50. The Morgan fingerprint density at radius 3 is 2.48 bits per heavy atom. The van der Waals surface area contributed by atoms with Gasteiger partial charge in [-0.15, -0.1) is 11.8 Å². The van der Waals surface area contributed by atoms with Crippen molar-refractivity contribution in [3.05, 3.63) is 29.8 Å². The minimum atomic E-state index is -0.187. The number of hydrogen-bond acceptors (Lipinski definition) is 4. The molecule has 1 fully saturated rings. The lowest BCUT2D eigenvalue weighted by atomic mass is 10.2. The van der Waals surface area contributed by atoms with Gasteiger partial charge < -0.3 is 15.1 Å². The number of rotatable bonds is 8. The highest BCUT2D eigenvalue weighted by Crippen LogP contribution is 2.25. The summed E-state index contributed by atoms with van der Waals surface area (Å²) in [6.45, 7) is 7.75. The number of likely N-dealkylation sites (N-methyl/N-ethyl adjacent to an activating group) is 1. The number of hydrogen-bond donors (Lipinski definition) is 1. The fraction of sp³-hybridized carbons (Fsp3) is 0.550. The third-order valence-electron chi connectivity index (χ3n) is 4.38. The summed E-state index contributed by atoms with van der Waals surface area (Å²) in [5.74, 6) is 0.0793. The molecule has 0 aromatic heterocycles. The summed E-state index contributed by atoms with van der Waals surface area (Å²) in [5, 5.41) is 2.81. The van der Waals surface area contributed by atoms with E-state index in [-0.39, 0.29) is 30.3 Å². The summed E-state index contributed by atoms with van der Waals surface area (Å²) in [4.78, 5) is 41.5. The van der Waals surface area contributed by atoms with Crippen LogP contribution in [0, 0.1) is 0 Å². The molecular formula is C20H29N3O3S. The van der Waals surface area contributed by atoms with Crippen molar-refractivity contribution >= 4 is 29.5 Å². The van der Waals surface area contributed by atoms with Crippen LogP contribution in [0.3, 0.4) is 0 Å². The molecule has 6 nitrogen and oxygen atoms in total. The van der Waals surface area contributed by atoms with Crippen LogP contribution in [0.2, 0.25) is 0 Å². The summed E-state index contributed by atoms with van der Waals surface area (Å²) in [7, 11) is 0. The highest BCUT2D eigenvalue weighted by molar-refractivity contribution is 8.00. The highest BCUT2D eigenvalue weighted by atomic mass is 32.2. The molecule has 1 saturated heterocycles. The number of nitrogens with one attached hydrogen (secondary N) is 1. The molecule has 1 heterocycles. The average Bonchev–Trinajstić information content (AvgIpc) is 3.18. The maximum Gasteiger partial charge on any atom is 0.255 e. The number of thioether (sulfide) groups is 1. The van der Waals surface area contributed by atoms with Crippen LogP contribution < -0.4 is 5.32 Å². The van der Waals surface area contributed by atoms with Crippen molar-refractivity contribution in [2.45, 2.75) is 44.6 Å². The third kappa shape index (κ3) is 6.27. The first-order valence-corrected chi connectivity index (χ1v) is 10.5. The van der Waals surface area contributed by atoms with Gasteiger partial charge >= 0.3 is 0 Å². The van der Waals surface area contributed by atoms with Crippen LogP contribution >= 0.6 is 11.8 Å². The van der Waals surface area contributed by atoms with E-state index in [1.54, 1.807) is 6.07 Å². The Kier molecular flexibility index (Phi) is 8.16. The van der Waals surface area contributed by atoms with Crippen molar-refractivity contribution in [3.8, 4) is 0 Å². The Balaban J connectivity index is 2.04. The van der Waals surface area contributed by atoms with E-state index in [1.165, 1.54) is 16.7 Å². The number of likely N-dealkylation sites (tertiary alicyclic amines) is 1. The van der Waals surface area contributed by atoms with Crippen molar-refractivity contribution in [2.24, 2.45) is 0 Å². The van der Waals surface area contributed by atoms with E-state index < -0.39 is 0 Å². The van der Waals surface area contributed by atoms with E-state index in [4.69, 9.17) is 0 Å². The SMILES string of the molecule is CCN(CC(=O)NC(C)C)C(=O)c1ccccc1SCC(=O)N1CCCC1. The Labute approximate surface area is 165 Å². The van der Waals surface area contributed by atoms with Gasteiger partial charge in [0.25, 0.3) is 5.91 Å². The number of carbonyl (C=O) groups is 3. The van der Waals surface area contributed by atoms with E-state index in [0.717, 1.165) is 30.8 Å². The summed E-state index contributed by atoms with van der Waals surface area (Å²) >= 11 is 1.39. The first-order chi connectivity index (χ1) is 12.9. The smallest absolute Gasteiger partial charge is 0.255 e. The predicted octanol–water partition coefficient (Wildman–Crippen LogP) is 2.39. The van der Waals surface area contributed by atoms with Crippen LogP contribution in [0.5, 0.6) is 0 Å². The average molecular weight is 392 g/mol. The third-order valence-corrected chi connectivity index (χ3v) is 5.44. The Morgan fingerprint density at radius 1 is 1.19 bits per heavy atom. The highest BCUT2D eigenvalue weighted by Gasteiger charge is 2.22. The summed E-state index contributed by atoms with van der Waals surface area (Å²) in [6, 6.07) is 7.32. The zero-order valence-corrected chi connectivity index (χ0v) is 17.2. The molecule has 0 radical (unpaired) electrons. The lowest BCUT2D eigenvalue weighted by molar-refractivity contribution is -0.127. The van der Waals surface area contributed by atoms with Gasteiger partial charge in [0.15, 0.2) is 0 Å². The Bertz CT molecular complexity index is 672. The van der Waals surface area contributed by atoms with Crippen LogP contribution in [0.1, 0.15) is 44.0 Å². The van der Waals surface area contributed by atoms with E-state index >= 15 is 0 Å². The molecule has 1 aliphatic heterocycles. The molecule has 1 aliphatic rings. The molecule has 7 heteroatoms. The van der Waals surface area contributed by atoms with Crippen LogP contribution in [0.4, 0.5) is 0 Å². The number of amides is 3. The molecule has 2 rings (SSSR count). The molecule has 148 valence electrons. The lowest BCUT2D eigenvalue weighted by Crippen LogP contribution is -2.42. The van der Waals surface area contributed by atoms with Gasteiger partial charge in [-0.05, 0) is 45.7 Å². The number of benzene rings is 1. The topological polar surface area (TPSA) is 69.7 Å². The molecule has 0 aliphatic carbocycles. The molecule has 27 heavy (non-hydrogen) atoms. The van der Waals surface area contributed by atoms with Crippen LogP contribution in [-0.2, 0) is 9.59 Å². The molecule has 1 aromatic carbocycles. The van der Waals surface area contributed by atoms with Crippen molar-refractivity contribution < 1.29 is 14.4 Å². The van der Waals surface area contributed by atoms with E-state index in [2.05, 4.69) is 5.32 Å². The van der Waals surface area contributed by atoms with E-state index in [0.29, 0.717) is 17.9 Å². The normalized spacial score (nSPS) is 13.7. The van der Waals surface area contributed by atoms with Gasteiger partial charge in [-0.2, -0.15) is 0 Å². The van der Waals surface area contributed by atoms with Crippen molar-refractivity contribution in [3.63, 3.8) is 0 Å². The van der Waals surface area contributed by atoms with E-state index in [1.807, 2.05) is 43.9 Å². The lowest BCUT2D eigenvalue weighted by Gasteiger charge is -2.22. The molecular weight excluding hydrogens is 362 g/mol. The zero-order chi connectivity index (χ0) is 19.8. The Morgan fingerprint density at radius 2 is 1.85 bits per heavy atom. The fourth-order valence-corrected chi connectivity index (χ4v) is 3.95. The molecule has 0 saturated carbocycles. The number of carbonyl (C=O) groups excluding carboxylic acids is 3. The zero-order valence-electron chi connectivity index (χ0n) is 16.4. The summed E-state index contributed by atoms with van der Waals surface area (Å²) < 4.78 is 0. The van der Waals surface area contributed by atoms with Gasteiger partial charge in [-0.3, -0.25) is 14.4 Å². The van der Waals surface area contributed by atoms with Crippen LogP contribution in [0.15, 0.2) is 29.2 Å². The monoisotopic (exact) mass is 391 g/mol. The molecule has 3 amide bonds. The molecule has 0 bridgehead atoms. The second kappa shape index (κ2) is 10.3. The van der Waals surface area contributed by atoms with Gasteiger partial charge in [0.05, 0.1) is 17.9 Å². The van der Waals surface area contributed by atoms with Gasteiger partial charge in [0.1, 0.15) is 0 Å². The van der Waals surface area contributed by atoms with Crippen LogP contribution in [-0.4, -0.2) is 65.5 Å². The largest absolute Gasteiger partial charge is 0.352 e. The maximum absolute atomic E-state index is 13.0. The fourth-order valence-electron chi connectivity index (χ4n) is 3.01.